The summed E-state index contributed by atoms with van der Waals surface area (Å²) in [6.07, 6.45) is 5.48. The number of aromatic nitrogens is 2. The van der Waals surface area contributed by atoms with Crippen LogP contribution in [0.15, 0.2) is 64.5 Å². The summed E-state index contributed by atoms with van der Waals surface area (Å²) in [5.74, 6) is 0.340. The molecule has 1 aliphatic carbocycles. The molecule has 0 bridgehead atoms. The first-order valence-electron chi connectivity index (χ1n) is 11.1. The summed E-state index contributed by atoms with van der Waals surface area (Å²) in [5, 5.41) is 1.32. The van der Waals surface area contributed by atoms with E-state index in [0.717, 1.165) is 31.2 Å². The van der Waals surface area contributed by atoms with E-state index in [-0.39, 0.29) is 23.3 Å². The van der Waals surface area contributed by atoms with Crippen LogP contribution in [-0.2, 0) is 11.3 Å². The lowest BCUT2D eigenvalue weighted by molar-refractivity contribution is -0.128. The molecule has 5 nitrogen and oxygen atoms in total. The number of hydrogen-bond acceptors (Lipinski definition) is 4. The van der Waals surface area contributed by atoms with Crippen molar-refractivity contribution in [3.05, 3.63) is 70.5 Å². The number of rotatable bonds is 7. The van der Waals surface area contributed by atoms with E-state index in [1.54, 1.807) is 0 Å². The van der Waals surface area contributed by atoms with Gasteiger partial charge in [0.15, 0.2) is 5.16 Å². The molecular weight excluding hydrogens is 406 g/mol. The van der Waals surface area contributed by atoms with E-state index in [0.29, 0.717) is 29.1 Å². The average Bonchev–Trinajstić information content (AvgIpc) is 2.82. The number of para-hydroxylation sites is 1. The summed E-state index contributed by atoms with van der Waals surface area (Å²) >= 11 is 1.39. The van der Waals surface area contributed by atoms with E-state index in [1.807, 2.05) is 71.0 Å². The van der Waals surface area contributed by atoms with Crippen LogP contribution in [-0.4, -0.2) is 32.7 Å². The molecule has 1 saturated carbocycles. The summed E-state index contributed by atoms with van der Waals surface area (Å²) in [6.45, 7) is 3.24. The summed E-state index contributed by atoms with van der Waals surface area (Å²) < 4.78 is 1.87. The quantitative estimate of drug-likeness (QED) is 0.385. The Bertz CT molecular complexity index is 1090. The van der Waals surface area contributed by atoms with Gasteiger partial charge < -0.3 is 4.90 Å². The predicted octanol–water partition coefficient (Wildman–Crippen LogP) is 5.04. The van der Waals surface area contributed by atoms with Gasteiger partial charge in [0.2, 0.25) is 5.91 Å². The van der Waals surface area contributed by atoms with Gasteiger partial charge in [0.25, 0.3) is 5.56 Å². The maximum atomic E-state index is 13.3. The van der Waals surface area contributed by atoms with Crippen molar-refractivity contribution in [3.63, 3.8) is 0 Å². The van der Waals surface area contributed by atoms with Gasteiger partial charge >= 0.3 is 0 Å². The minimum Gasteiger partial charge on any atom is -0.338 e. The zero-order valence-corrected chi connectivity index (χ0v) is 18.8. The Labute approximate surface area is 187 Å². The highest BCUT2D eigenvalue weighted by Gasteiger charge is 2.23. The molecule has 0 spiro atoms. The van der Waals surface area contributed by atoms with Crippen LogP contribution in [0.5, 0.6) is 0 Å². The van der Waals surface area contributed by atoms with Gasteiger partial charge in [0.05, 0.1) is 16.7 Å². The molecule has 1 fully saturated rings. The SMILES string of the molecule is CCN(Cc1ccccc1)C(=O)CSc1nc2ccccc2c(=O)n1C1CCCCC1. The number of amides is 1. The van der Waals surface area contributed by atoms with Crippen LogP contribution in [0.2, 0.25) is 0 Å². The Balaban J connectivity index is 1.58. The maximum absolute atomic E-state index is 13.3. The van der Waals surface area contributed by atoms with E-state index in [4.69, 9.17) is 4.98 Å². The Kier molecular flexibility index (Phi) is 7.07. The Hall–Kier alpha value is -2.60. The van der Waals surface area contributed by atoms with Gasteiger partial charge in [-0.1, -0.05) is 73.5 Å². The molecule has 4 rings (SSSR count). The summed E-state index contributed by atoms with van der Waals surface area (Å²) in [7, 11) is 0. The fraction of sp³-hybridized carbons (Fsp3) is 0.400. The van der Waals surface area contributed by atoms with Crippen molar-refractivity contribution in [2.24, 2.45) is 0 Å². The zero-order chi connectivity index (χ0) is 21.6. The minimum atomic E-state index is 0.0177. The summed E-state index contributed by atoms with van der Waals surface area (Å²) in [5.41, 5.74) is 1.83. The normalized spacial score (nSPS) is 14.6. The van der Waals surface area contributed by atoms with E-state index < -0.39 is 0 Å². The van der Waals surface area contributed by atoms with Gasteiger partial charge in [0.1, 0.15) is 0 Å². The molecule has 0 N–H and O–H groups in total. The third-order valence-electron chi connectivity index (χ3n) is 5.99. The fourth-order valence-electron chi connectivity index (χ4n) is 4.29. The van der Waals surface area contributed by atoms with Crippen LogP contribution < -0.4 is 5.56 Å². The Morgan fingerprint density at radius 1 is 1.06 bits per heavy atom. The van der Waals surface area contributed by atoms with Crippen LogP contribution in [0, 0.1) is 0 Å². The lowest BCUT2D eigenvalue weighted by Gasteiger charge is -2.26. The first kappa shape index (κ1) is 21.6. The molecule has 2 aromatic carbocycles. The summed E-state index contributed by atoms with van der Waals surface area (Å²) in [6, 6.07) is 17.7. The number of fused-ring (bicyclic) bond motifs is 1. The van der Waals surface area contributed by atoms with Crippen LogP contribution in [0.1, 0.15) is 50.6 Å². The molecule has 162 valence electrons. The van der Waals surface area contributed by atoms with Gasteiger partial charge in [-0.15, -0.1) is 0 Å². The van der Waals surface area contributed by atoms with Crippen LogP contribution in [0.25, 0.3) is 10.9 Å². The second-order valence-electron chi connectivity index (χ2n) is 8.06. The van der Waals surface area contributed by atoms with Crippen molar-refractivity contribution >= 4 is 28.6 Å². The molecule has 0 radical (unpaired) electrons. The molecule has 0 aliphatic heterocycles. The van der Waals surface area contributed by atoms with Gasteiger partial charge in [-0.2, -0.15) is 0 Å². The third kappa shape index (κ3) is 5.01. The van der Waals surface area contributed by atoms with Crippen molar-refractivity contribution in [1.82, 2.24) is 14.5 Å². The zero-order valence-electron chi connectivity index (χ0n) is 18.0. The molecule has 1 amide bonds. The van der Waals surface area contributed by atoms with Gasteiger partial charge in [0, 0.05) is 19.1 Å². The Morgan fingerprint density at radius 2 is 1.77 bits per heavy atom. The molecule has 6 heteroatoms. The smallest absolute Gasteiger partial charge is 0.262 e. The summed E-state index contributed by atoms with van der Waals surface area (Å²) in [4.78, 5) is 33.0. The lowest BCUT2D eigenvalue weighted by Crippen LogP contribution is -2.33. The molecule has 1 aromatic heterocycles. The fourth-order valence-corrected chi connectivity index (χ4v) is 5.26. The van der Waals surface area contributed by atoms with Crippen molar-refractivity contribution in [1.29, 1.82) is 0 Å². The molecule has 0 unspecified atom stereocenters. The van der Waals surface area contributed by atoms with E-state index in [9.17, 15) is 9.59 Å². The largest absolute Gasteiger partial charge is 0.338 e. The van der Waals surface area contributed by atoms with Gasteiger partial charge in [-0.3, -0.25) is 14.2 Å². The number of thioether (sulfide) groups is 1. The number of benzene rings is 2. The second kappa shape index (κ2) is 10.1. The highest BCUT2D eigenvalue weighted by Crippen LogP contribution is 2.31. The number of carbonyl (C=O) groups excluding carboxylic acids is 1. The van der Waals surface area contributed by atoms with Crippen molar-refractivity contribution in [2.45, 2.75) is 56.8 Å². The standard InChI is InChI=1S/C25H29N3O2S/c1-2-27(17-19-11-5-3-6-12-19)23(29)18-31-25-26-22-16-10-9-15-21(22)24(30)28(25)20-13-7-4-8-14-20/h3,5-6,9-12,15-16,20H,2,4,7-8,13-14,17-18H2,1H3. The lowest BCUT2D eigenvalue weighted by atomic mass is 9.95. The minimum absolute atomic E-state index is 0.0177. The molecule has 3 aromatic rings. The first-order valence-corrected chi connectivity index (χ1v) is 12.1. The van der Waals surface area contributed by atoms with Crippen LogP contribution >= 0.6 is 11.8 Å². The molecule has 0 saturated heterocycles. The third-order valence-corrected chi connectivity index (χ3v) is 6.93. The van der Waals surface area contributed by atoms with Gasteiger partial charge in [-0.05, 0) is 37.5 Å². The molecule has 0 atom stereocenters. The first-order chi connectivity index (χ1) is 15.2. The topological polar surface area (TPSA) is 55.2 Å². The Morgan fingerprint density at radius 3 is 2.52 bits per heavy atom. The molecule has 1 aliphatic rings. The monoisotopic (exact) mass is 435 g/mol. The molecule has 31 heavy (non-hydrogen) atoms. The van der Waals surface area contributed by atoms with Crippen molar-refractivity contribution in [3.8, 4) is 0 Å². The average molecular weight is 436 g/mol. The van der Waals surface area contributed by atoms with Crippen LogP contribution in [0.3, 0.4) is 0 Å². The van der Waals surface area contributed by atoms with E-state index in [2.05, 4.69) is 0 Å². The predicted molar refractivity (Wildman–Crippen MR) is 126 cm³/mol. The number of hydrogen-bond donors (Lipinski definition) is 0. The molecule has 1 heterocycles. The van der Waals surface area contributed by atoms with Gasteiger partial charge in [-0.25, -0.2) is 4.98 Å². The number of nitrogens with zero attached hydrogens (tertiary/aromatic N) is 3. The molecular formula is C25H29N3O2S. The second-order valence-corrected chi connectivity index (χ2v) is 9.00. The maximum Gasteiger partial charge on any atom is 0.262 e. The van der Waals surface area contributed by atoms with E-state index in [1.165, 1.54) is 18.2 Å². The van der Waals surface area contributed by atoms with E-state index >= 15 is 0 Å². The van der Waals surface area contributed by atoms with Crippen molar-refractivity contribution < 1.29 is 4.79 Å². The highest BCUT2D eigenvalue weighted by molar-refractivity contribution is 7.99. The number of carbonyl (C=O) groups is 1. The van der Waals surface area contributed by atoms with Crippen LogP contribution in [0.4, 0.5) is 0 Å². The van der Waals surface area contributed by atoms with Crippen molar-refractivity contribution in [2.75, 3.05) is 12.3 Å². The highest BCUT2D eigenvalue weighted by atomic mass is 32.2.